The maximum atomic E-state index is 11.1. The van der Waals surface area contributed by atoms with Gasteiger partial charge in [-0.15, -0.1) is 10.2 Å². The van der Waals surface area contributed by atoms with E-state index in [9.17, 15) is 5.11 Å². The van der Waals surface area contributed by atoms with Crippen LogP contribution in [0.15, 0.2) is 37.1 Å². The zero-order chi connectivity index (χ0) is 22.8. The first-order valence-corrected chi connectivity index (χ1v) is 11.8. The van der Waals surface area contributed by atoms with Gasteiger partial charge in [-0.1, -0.05) is 20.8 Å². The smallest absolute Gasteiger partial charge is 0.123 e. The second kappa shape index (κ2) is 9.33. The molecule has 0 bridgehead atoms. The van der Waals surface area contributed by atoms with Crippen molar-refractivity contribution in [1.82, 2.24) is 29.5 Å². The highest BCUT2D eigenvalue weighted by atomic mass is 16.3. The number of benzene rings is 1. The van der Waals surface area contributed by atoms with Crippen molar-refractivity contribution in [3.8, 4) is 5.69 Å². The summed E-state index contributed by atoms with van der Waals surface area (Å²) >= 11 is 0. The molecule has 0 aliphatic carbocycles. The van der Waals surface area contributed by atoms with Gasteiger partial charge in [-0.05, 0) is 68.5 Å². The number of aryl methyl sites for hydroxylation is 1. The summed E-state index contributed by atoms with van der Waals surface area (Å²) in [6.45, 7) is 11.5. The van der Waals surface area contributed by atoms with E-state index >= 15 is 0 Å². The SMILES string of the molecule is CN(CC(C)(C)C)CC1(O)CCN(CCCc2c[nH]c3ccc(-n4cnnc4)cc23)CC1. The predicted molar refractivity (Wildman–Crippen MR) is 129 cm³/mol. The van der Waals surface area contributed by atoms with Crippen LogP contribution in [-0.4, -0.2) is 80.0 Å². The molecule has 1 aliphatic rings. The van der Waals surface area contributed by atoms with E-state index < -0.39 is 5.60 Å². The molecule has 0 unspecified atom stereocenters. The van der Waals surface area contributed by atoms with Gasteiger partial charge in [-0.25, -0.2) is 0 Å². The third kappa shape index (κ3) is 5.77. The summed E-state index contributed by atoms with van der Waals surface area (Å²) in [5, 5.41) is 20.2. The largest absolute Gasteiger partial charge is 0.388 e. The van der Waals surface area contributed by atoms with E-state index in [0.717, 1.165) is 64.1 Å². The Hall–Kier alpha value is -2.22. The van der Waals surface area contributed by atoms with Crippen molar-refractivity contribution in [1.29, 1.82) is 0 Å². The molecule has 1 saturated heterocycles. The molecule has 7 heteroatoms. The highest BCUT2D eigenvalue weighted by Gasteiger charge is 2.33. The fraction of sp³-hybridized carbons (Fsp3) is 0.600. The standard InChI is InChI=1S/C25H38N6O/c1-24(2,3)16-29(4)17-25(32)9-12-30(13-10-25)11-5-6-20-15-26-23-8-7-21(14-22(20)23)31-18-27-28-19-31/h7-8,14-15,18-19,26,32H,5-6,9-13,16-17H2,1-4H3. The van der Waals surface area contributed by atoms with Crippen LogP contribution in [0.4, 0.5) is 0 Å². The molecule has 0 radical (unpaired) electrons. The predicted octanol–water partition coefficient (Wildman–Crippen LogP) is 3.49. The summed E-state index contributed by atoms with van der Waals surface area (Å²) < 4.78 is 1.93. The molecule has 1 aromatic carbocycles. The molecule has 1 fully saturated rings. The Morgan fingerprint density at radius 1 is 1.16 bits per heavy atom. The number of aromatic amines is 1. The van der Waals surface area contributed by atoms with E-state index in [4.69, 9.17) is 0 Å². The molecule has 4 rings (SSSR count). The quantitative estimate of drug-likeness (QED) is 0.563. The van der Waals surface area contributed by atoms with Gasteiger partial charge < -0.3 is 19.9 Å². The van der Waals surface area contributed by atoms with Crippen molar-refractivity contribution in [2.75, 3.05) is 39.8 Å². The Bertz CT molecular complexity index is 995. The van der Waals surface area contributed by atoms with E-state index in [1.807, 2.05) is 4.57 Å². The highest BCUT2D eigenvalue weighted by molar-refractivity contribution is 5.85. The van der Waals surface area contributed by atoms with Crippen molar-refractivity contribution >= 4 is 10.9 Å². The molecule has 2 aromatic heterocycles. The average molecular weight is 439 g/mol. The normalized spacial score (nSPS) is 17.4. The number of H-pyrrole nitrogens is 1. The lowest BCUT2D eigenvalue weighted by Crippen LogP contribution is -2.51. The molecule has 7 nitrogen and oxygen atoms in total. The number of hydrogen-bond donors (Lipinski definition) is 2. The maximum absolute atomic E-state index is 11.1. The van der Waals surface area contributed by atoms with Gasteiger partial charge in [0.25, 0.3) is 0 Å². The molecule has 0 saturated carbocycles. The molecular weight excluding hydrogens is 400 g/mol. The van der Waals surface area contributed by atoms with Gasteiger partial charge in [-0.2, -0.15) is 0 Å². The average Bonchev–Trinajstić information content (AvgIpc) is 3.38. The summed E-state index contributed by atoms with van der Waals surface area (Å²) in [4.78, 5) is 8.20. The minimum atomic E-state index is -0.550. The zero-order valence-electron chi connectivity index (χ0n) is 20.0. The van der Waals surface area contributed by atoms with Gasteiger partial charge in [0.1, 0.15) is 12.7 Å². The van der Waals surface area contributed by atoms with Crippen LogP contribution in [0.25, 0.3) is 16.6 Å². The highest BCUT2D eigenvalue weighted by Crippen LogP contribution is 2.26. The van der Waals surface area contributed by atoms with Crippen molar-refractivity contribution in [3.05, 3.63) is 42.6 Å². The van der Waals surface area contributed by atoms with Gasteiger partial charge in [0.2, 0.25) is 0 Å². The lowest BCUT2D eigenvalue weighted by atomic mass is 9.89. The number of aromatic nitrogens is 4. The van der Waals surface area contributed by atoms with Crippen LogP contribution in [0.3, 0.4) is 0 Å². The molecule has 3 heterocycles. The van der Waals surface area contributed by atoms with Crippen LogP contribution in [0.5, 0.6) is 0 Å². The second-order valence-electron chi connectivity index (χ2n) is 10.8. The van der Waals surface area contributed by atoms with Crippen LogP contribution in [0.2, 0.25) is 0 Å². The van der Waals surface area contributed by atoms with Crippen LogP contribution < -0.4 is 0 Å². The van der Waals surface area contributed by atoms with Crippen molar-refractivity contribution < 1.29 is 5.11 Å². The summed E-state index contributed by atoms with van der Waals surface area (Å²) in [6, 6.07) is 6.41. The Balaban J connectivity index is 1.27. The Morgan fingerprint density at radius 2 is 1.88 bits per heavy atom. The monoisotopic (exact) mass is 438 g/mol. The first-order valence-electron chi connectivity index (χ1n) is 11.8. The third-order valence-electron chi connectivity index (χ3n) is 6.48. The summed E-state index contributed by atoms with van der Waals surface area (Å²) in [5.74, 6) is 0. The Labute approximate surface area is 191 Å². The number of fused-ring (bicyclic) bond motifs is 1. The minimum absolute atomic E-state index is 0.255. The maximum Gasteiger partial charge on any atom is 0.123 e. The fourth-order valence-electron chi connectivity index (χ4n) is 5.08. The van der Waals surface area contributed by atoms with Crippen molar-refractivity contribution in [2.24, 2.45) is 5.41 Å². The van der Waals surface area contributed by atoms with Crippen LogP contribution in [-0.2, 0) is 6.42 Å². The zero-order valence-corrected chi connectivity index (χ0v) is 20.0. The molecule has 1 aliphatic heterocycles. The molecule has 0 amide bonds. The molecule has 174 valence electrons. The van der Waals surface area contributed by atoms with Gasteiger partial charge in [-0.3, -0.25) is 4.57 Å². The minimum Gasteiger partial charge on any atom is -0.388 e. The number of likely N-dealkylation sites (tertiary alicyclic amines) is 1. The number of nitrogens with one attached hydrogen (secondary N) is 1. The number of nitrogens with zero attached hydrogens (tertiary/aromatic N) is 5. The molecule has 0 atom stereocenters. The van der Waals surface area contributed by atoms with E-state index in [0.29, 0.717) is 0 Å². The van der Waals surface area contributed by atoms with Gasteiger partial charge >= 0.3 is 0 Å². The van der Waals surface area contributed by atoms with Crippen molar-refractivity contribution in [3.63, 3.8) is 0 Å². The van der Waals surface area contributed by atoms with Gasteiger partial charge in [0, 0.05) is 49.0 Å². The fourth-order valence-corrected chi connectivity index (χ4v) is 5.08. The van der Waals surface area contributed by atoms with E-state index in [-0.39, 0.29) is 5.41 Å². The van der Waals surface area contributed by atoms with Gasteiger partial charge in [0.15, 0.2) is 0 Å². The molecule has 2 N–H and O–H groups in total. The molecule has 0 spiro atoms. The van der Waals surface area contributed by atoms with E-state index in [1.165, 1.54) is 16.5 Å². The van der Waals surface area contributed by atoms with E-state index in [2.05, 4.69) is 77.2 Å². The van der Waals surface area contributed by atoms with Crippen LogP contribution in [0.1, 0.15) is 45.6 Å². The first-order chi connectivity index (χ1) is 15.2. The first kappa shape index (κ1) is 23.0. The number of rotatable bonds is 8. The summed E-state index contributed by atoms with van der Waals surface area (Å²) in [6.07, 6.45) is 9.47. The topological polar surface area (TPSA) is 73.2 Å². The summed E-state index contributed by atoms with van der Waals surface area (Å²) in [7, 11) is 2.13. The lowest BCUT2D eigenvalue weighted by Gasteiger charge is -2.41. The number of hydrogen-bond acceptors (Lipinski definition) is 5. The second-order valence-corrected chi connectivity index (χ2v) is 10.8. The number of aliphatic hydroxyl groups is 1. The van der Waals surface area contributed by atoms with Crippen LogP contribution in [0, 0.1) is 5.41 Å². The lowest BCUT2D eigenvalue weighted by molar-refractivity contribution is -0.0448. The van der Waals surface area contributed by atoms with Crippen molar-refractivity contribution in [2.45, 2.75) is 52.1 Å². The summed E-state index contributed by atoms with van der Waals surface area (Å²) in [5.41, 5.74) is 3.30. The molecule has 32 heavy (non-hydrogen) atoms. The molecular formula is C25H38N6O. The van der Waals surface area contributed by atoms with Gasteiger partial charge in [0.05, 0.1) is 5.60 Å². The van der Waals surface area contributed by atoms with E-state index in [1.54, 1.807) is 12.7 Å². The number of likely N-dealkylation sites (N-methyl/N-ethyl adjacent to an activating group) is 1. The Morgan fingerprint density at radius 3 is 2.56 bits per heavy atom. The van der Waals surface area contributed by atoms with Crippen LogP contribution >= 0.6 is 0 Å². The number of piperidine rings is 1. The Kier molecular flexibility index (Phi) is 6.70. The third-order valence-corrected chi connectivity index (χ3v) is 6.48. The molecule has 3 aromatic rings.